The summed E-state index contributed by atoms with van der Waals surface area (Å²) in [6, 6.07) is 5.25. The summed E-state index contributed by atoms with van der Waals surface area (Å²) in [7, 11) is 1.31. The van der Waals surface area contributed by atoms with Crippen LogP contribution in [0.1, 0.15) is 0 Å². The highest BCUT2D eigenvalue weighted by Crippen LogP contribution is 2.22. The van der Waals surface area contributed by atoms with Gasteiger partial charge in [0, 0.05) is 5.39 Å². The lowest BCUT2D eigenvalue weighted by Gasteiger charge is -1.99. The fraction of sp³-hybridized carbons (Fsp3) is 0.111. The number of carbonyl (C=O) groups excluding carboxylic acids is 1. The number of halogens is 1. The highest BCUT2D eigenvalue weighted by Gasteiger charge is 2.11. The molecular weight excluding hydrogens is 204 g/mol. The fourth-order valence-electron chi connectivity index (χ4n) is 1.25. The van der Waals surface area contributed by atoms with Gasteiger partial charge in [0.25, 0.3) is 0 Å². The Kier molecular flexibility index (Phi) is 2.13. The first-order valence-corrected chi connectivity index (χ1v) is 4.32. The Bertz CT molecular complexity index is 493. The second-order valence-corrected chi connectivity index (χ2v) is 3.11. The number of aromatic nitrogens is 2. The molecule has 2 aromatic rings. The first kappa shape index (κ1) is 9.02. The summed E-state index contributed by atoms with van der Waals surface area (Å²) in [5.41, 5.74) is 0.643. The molecule has 0 N–H and O–H groups in total. The van der Waals surface area contributed by atoms with E-state index >= 15 is 0 Å². The van der Waals surface area contributed by atoms with Crippen molar-refractivity contribution in [2.75, 3.05) is 7.11 Å². The van der Waals surface area contributed by atoms with Crippen molar-refractivity contribution in [2.24, 2.45) is 0 Å². The monoisotopic (exact) mass is 210 g/mol. The van der Waals surface area contributed by atoms with Crippen LogP contribution in [0.4, 0.5) is 4.79 Å². The third kappa shape index (κ3) is 1.24. The molecule has 0 spiro atoms. The number of hydrogen-bond donors (Lipinski definition) is 0. The van der Waals surface area contributed by atoms with Crippen LogP contribution in [0.5, 0.6) is 0 Å². The van der Waals surface area contributed by atoms with Crippen LogP contribution in [0.25, 0.3) is 10.9 Å². The van der Waals surface area contributed by atoms with Crippen molar-refractivity contribution in [3.63, 3.8) is 0 Å². The highest BCUT2D eigenvalue weighted by atomic mass is 35.5. The van der Waals surface area contributed by atoms with Gasteiger partial charge in [-0.3, -0.25) is 0 Å². The second kappa shape index (κ2) is 3.31. The minimum absolute atomic E-state index is 0.526. The molecule has 1 heterocycles. The lowest BCUT2D eigenvalue weighted by molar-refractivity contribution is 0.170. The molecule has 14 heavy (non-hydrogen) atoms. The number of ether oxygens (including phenoxy) is 1. The van der Waals surface area contributed by atoms with Crippen molar-refractivity contribution in [3.05, 3.63) is 29.4 Å². The summed E-state index contributed by atoms with van der Waals surface area (Å²) < 4.78 is 5.73. The first-order valence-electron chi connectivity index (χ1n) is 3.94. The van der Waals surface area contributed by atoms with Crippen LogP contribution in [-0.2, 0) is 4.74 Å². The van der Waals surface area contributed by atoms with Crippen molar-refractivity contribution in [1.82, 2.24) is 9.78 Å². The minimum atomic E-state index is -0.526. The molecule has 2 rings (SSSR count). The van der Waals surface area contributed by atoms with E-state index in [4.69, 9.17) is 11.6 Å². The number of carbonyl (C=O) groups is 1. The molecule has 0 aliphatic heterocycles. The molecule has 0 bridgehead atoms. The van der Waals surface area contributed by atoms with Gasteiger partial charge in [-0.25, -0.2) is 4.79 Å². The van der Waals surface area contributed by atoms with E-state index in [1.165, 1.54) is 18.0 Å². The summed E-state index contributed by atoms with van der Waals surface area (Å²) in [4.78, 5) is 11.2. The Morgan fingerprint density at radius 1 is 1.57 bits per heavy atom. The van der Waals surface area contributed by atoms with Gasteiger partial charge in [-0.05, 0) is 12.1 Å². The third-order valence-electron chi connectivity index (χ3n) is 1.91. The summed E-state index contributed by atoms with van der Waals surface area (Å²) in [5.74, 6) is 0. The number of fused-ring (bicyclic) bond motifs is 1. The SMILES string of the molecule is COC(=O)n1ncc2c(Cl)cccc21. The number of nitrogens with zero attached hydrogens (tertiary/aromatic N) is 2. The van der Waals surface area contributed by atoms with Gasteiger partial charge in [-0.2, -0.15) is 9.78 Å². The summed E-state index contributed by atoms with van der Waals surface area (Å²) in [6.07, 6.45) is 1.01. The summed E-state index contributed by atoms with van der Waals surface area (Å²) in [5, 5.41) is 5.19. The van der Waals surface area contributed by atoms with E-state index < -0.39 is 6.09 Å². The van der Waals surface area contributed by atoms with Crippen LogP contribution < -0.4 is 0 Å². The molecule has 0 atom stereocenters. The largest absolute Gasteiger partial charge is 0.451 e. The van der Waals surface area contributed by atoms with Crippen LogP contribution in [0.2, 0.25) is 5.02 Å². The lowest BCUT2D eigenvalue weighted by Crippen LogP contribution is -2.12. The van der Waals surface area contributed by atoms with Crippen LogP contribution in [0.3, 0.4) is 0 Å². The number of benzene rings is 1. The third-order valence-corrected chi connectivity index (χ3v) is 2.24. The number of methoxy groups -OCH3 is 1. The first-order chi connectivity index (χ1) is 6.74. The zero-order valence-electron chi connectivity index (χ0n) is 7.40. The van der Waals surface area contributed by atoms with E-state index in [-0.39, 0.29) is 0 Å². The number of rotatable bonds is 0. The quantitative estimate of drug-likeness (QED) is 0.670. The predicted octanol–water partition coefficient (Wildman–Crippen LogP) is 2.30. The Morgan fingerprint density at radius 2 is 2.36 bits per heavy atom. The van der Waals surface area contributed by atoms with Gasteiger partial charge < -0.3 is 4.74 Å². The molecule has 0 saturated carbocycles. The zero-order valence-corrected chi connectivity index (χ0v) is 8.15. The molecule has 0 radical (unpaired) electrons. The van der Waals surface area contributed by atoms with Gasteiger partial charge in [0.2, 0.25) is 0 Å². The maximum absolute atomic E-state index is 11.2. The summed E-state index contributed by atoms with van der Waals surface area (Å²) >= 11 is 5.91. The Hall–Kier alpha value is -1.55. The fourth-order valence-corrected chi connectivity index (χ4v) is 1.47. The van der Waals surface area contributed by atoms with Crippen LogP contribution in [0.15, 0.2) is 24.4 Å². The maximum Gasteiger partial charge on any atom is 0.434 e. The smallest absolute Gasteiger partial charge is 0.434 e. The molecule has 4 nitrogen and oxygen atoms in total. The topological polar surface area (TPSA) is 44.1 Å². The molecular formula is C9H7ClN2O2. The Balaban J connectivity index is 2.70. The summed E-state index contributed by atoms with van der Waals surface area (Å²) in [6.45, 7) is 0. The van der Waals surface area contributed by atoms with Crippen molar-refractivity contribution in [3.8, 4) is 0 Å². The van der Waals surface area contributed by atoms with Crippen molar-refractivity contribution < 1.29 is 9.53 Å². The molecule has 0 aliphatic rings. The minimum Gasteiger partial charge on any atom is -0.451 e. The zero-order chi connectivity index (χ0) is 10.1. The predicted molar refractivity (Wildman–Crippen MR) is 52.5 cm³/mol. The van der Waals surface area contributed by atoms with Gasteiger partial charge >= 0.3 is 6.09 Å². The van der Waals surface area contributed by atoms with Crippen LogP contribution >= 0.6 is 11.6 Å². The highest BCUT2D eigenvalue weighted by molar-refractivity contribution is 6.35. The molecule has 0 aliphatic carbocycles. The second-order valence-electron chi connectivity index (χ2n) is 2.70. The van der Waals surface area contributed by atoms with Crippen LogP contribution in [-0.4, -0.2) is 23.0 Å². The molecule has 5 heteroatoms. The molecule has 0 fully saturated rings. The van der Waals surface area contributed by atoms with Gasteiger partial charge in [0.1, 0.15) is 0 Å². The molecule has 1 aromatic heterocycles. The molecule has 0 saturated heterocycles. The molecule has 0 amide bonds. The van der Waals surface area contributed by atoms with E-state index in [2.05, 4.69) is 9.84 Å². The molecule has 1 aromatic carbocycles. The van der Waals surface area contributed by atoms with E-state index in [1.54, 1.807) is 18.2 Å². The van der Waals surface area contributed by atoms with Gasteiger partial charge in [-0.15, -0.1) is 0 Å². The molecule has 0 unspecified atom stereocenters. The average Bonchev–Trinajstić information content (AvgIpc) is 2.62. The number of hydrogen-bond acceptors (Lipinski definition) is 3. The van der Waals surface area contributed by atoms with Gasteiger partial charge in [0.15, 0.2) is 0 Å². The Morgan fingerprint density at radius 3 is 3.07 bits per heavy atom. The van der Waals surface area contributed by atoms with Crippen molar-refractivity contribution in [1.29, 1.82) is 0 Å². The van der Waals surface area contributed by atoms with E-state index in [9.17, 15) is 4.79 Å². The lowest BCUT2D eigenvalue weighted by atomic mass is 10.2. The van der Waals surface area contributed by atoms with E-state index in [1.807, 2.05) is 0 Å². The molecule has 72 valence electrons. The maximum atomic E-state index is 11.2. The Labute approximate surface area is 85.0 Å². The van der Waals surface area contributed by atoms with Crippen molar-refractivity contribution in [2.45, 2.75) is 0 Å². The van der Waals surface area contributed by atoms with Gasteiger partial charge in [-0.1, -0.05) is 17.7 Å². The normalized spacial score (nSPS) is 10.4. The van der Waals surface area contributed by atoms with Crippen molar-refractivity contribution >= 4 is 28.6 Å². The van der Waals surface area contributed by atoms with Gasteiger partial charge in [0.05, 0.1) is 23.8 Å². The van der Waals surface area contributed by atoms with E-state index in [0.29, 0.717) is 10.5 Å². The van der Waals surface area contributed by atoms with E-state index in [0.717, 1.165) is 5.39 Å². The standard InChI is InChI=1S/C9H7ClN2O2/c1-14-9(13)12-8-4-2-3-7(10)6(8)5-11-12/h2-5H,1H3. The average molecular weight is 211 g/mol. The van der Waals surface area contributed by atoms with Crippen LogP contribution in [0, 0.1) is 0 Å².